The molecule has 0 aromatic heterocycles. The van der Waals surface area contributed by atoms with Gasteiger partial charge >= 0.3 is 0 Å². The summed E-state index contributed by atoms with van der Waals surface area (Å²) in [6, 6.07) is 2.01. The minimum atomic E-state index is -1.39. The van der Waals surface area contributed by atoms with Gasteiger partial charge in [-0.15, -0.1) is 0 Å². The molecule has 0 amide bonds. The van der Waals surface area contributed by atoms with Crippen LogP contribution < -0.4 is 5.19 Å². The molecule has 0 N–H and O–H groups in total. The van der Waals surface area contributed by atoms with Gasteiger partial charge in [0.1, 0.15) is 0 Å². The van der Waals surface area contributed by atoms with Crippen LogP contribution in [0.2, 0.25) is 0 Å². The highest BCUT2D eigenvalue weighted by Crippen LogP contribution is 2.06. The highest BCUT2D eigenvalue weighted by atomic mass is 28.1. The fourth-order valence-corrected chi connectivity index (χ4v) is 1.19. The van der Waals surface area contributed by atoms with Gasteiger partial charge in [-0.2, -0.15) is 0 Å². The third kappa shape index (κ3) is 1.21. The Balaban J connectivity index is 3.31. The zero-order chi connectivity index (χ0) is 7.72. The molecule has 1 aromatic carbocycles. The van der Waals surface area contributed by atoms with Gasteiger partial charge in [0.2, 0.25) is 0 Å². The number of rotatable bonds is 0. The number of benzene rings is 1. The molecule has 0 aliphatic heterocycles. The van der Waals surface area contributed by atoms with E-state index in [1.165, 1.54) is 0 Å². The fourth-order valence-electron chi connectivity index (χ4n) is 0.682. The van der Waals surface area contributed by atoms with Crippen LogP contribution in [0.5, 0.6) is 0 Å². The van der Waals surface area contributed by atoms with E-state index in [9.17, 15) is 13.2 Å². The minimum absolute atomic E-state index is 0.511. The predicted molar refractivity (Wildman–Crippen MR) is 35.9 cm³/mol. The summed E-state index contributed by atoms with van der Waals surface area (Å²) in [4.78, 5) is 0. The summed E-state index contributed by atoms with van der Waals surface area (Å²) in [6.45, 7) is 0. The first-order valence-corrected chi connectivity index (χ1v) is 3.72. The van der Waals surface area contributed by atoms with Crippen LogP contribution in [0.4, 0.5) is 13.2 Å². The molecular weight excluding hydrogens is 157 g/mol. The summed E-state index contributed by atoms with van der Waals surface area (Å²) in [7, 11) is 0.522. The first kappa shape index (κ1) is 7.34. The summed E-state index contributed by atoms with van der Waals surface area (Å²) in [5, 5.41) is 0.511. The van der Waals surface area contributed by atoms with Crippen LogP contribution >= 0.6 is 0 Å². The van der Waals surface area contributed by atoms with Crippen LogP contribution in [0.3, 0.4) is 0 Å². The molecule has 0 heterocycles. The minimum Gasteiger partial charge on any atom is -0.204 e. The lowest BCUT2D eigenvalue weighted by molar-refractivity contribution is 0.448. The van der Waals surface area contributed by atoms with E-state index in [1.54, 1.807) is 0 Å². The quantitative estimate of drug-likeness (QED) is 0.375. The molecule has 10 heavy (non-hydrogen) atoms. The molecule has 1 rings (SSSR count). The van der Waals surface area contributed by atoms with Gasteiger partial charge in [-0.3, -0.25) is 0 Å². The van der Waals surface area contributed by atoms with Crippen LogP contribution in [-0.4, -0.2) is 10.2 Å². The molecule has 0 atom stereocenters. The largest absolute Gasteiger partial charge is 0.204 e. The third-order valence-corrected chi connectivity index (χ3v) is 1.71. The van der Waals surface area contributed by atoms with Crippen molar-refractivity contribution in [2.75, 3.05) is 0 Å². The maximum absolute atomic E-state index is 12.2. The van der Waals surface area contributed by atoms with Gasteiger partial charge < -0.3 is 0 Å². The monoisotopic (exact) mass is 162 g/mol. The molecule has 0 nitrogen and oxygen atoms in total. The van der Waals surface area contributed by atoms with Gasteiger partial charge in [0.15, 0.2) is 17.5 Å². The van der Waals surface area contributed by atoms with Gasteiger partial charge in [0, 0.05) is 10.2 Å². The fraction of sp³-hybridized carbons (Fsp3) is 0. The summed E-state index contributed by atoms with van der Waals surface area (Å²) in [6.07, 6.45) is 0. The maximum Gasteiger partial charge on any atom is 0.194 e. The molecule has 0 bridgehead atoms. The molecule has 0 unspecified atom stereocenters. The second-order valence-electron chi connectivity index (χ2n) is 2.04. The Hall–Kier alpha value is -0.773. The summed E-state index contributed by atoms with van der Waals surface area (Å²) in [5.41, 5.74) is 0. The van der Waals surface area contributed by atoms with E-state index in [0.717, 1.165) is 12.1 Å². The summed E-state index contributed by atoms with van der Waals surface area (Å²) >= 11 is 0. The Kier molecular flexibility index (Phi) is 1.80. The highest BCUT2D eigenvalue weighted by Gasteiger charge is 2.07. The molecule has 0 saturated carbocycles. The van der Waals surface area contributed by atoms with Crippen molar-refractivity contribution >= 4 is 15.4 Å². The number of hydrogen-bond acceptors (Lipinski definition) is 0. The van der Waals surface area contributed by atoms with E-state index < -0.39 is 17.5 Å². The summed E-state index contributed by atoms with van der Waals surface area (Å²) in [5.74, 6) is -3.60. The van der Waals surface area contributed by atoms with Gasteiger partial charge in [0.05, 0.1) is 0 Å². The van der Waals surface area contributed by atoms with Crippen LogP contribution in [0.15, 0.2) is 12.1 Å². The van der Waals surface area contributed by atoms with E-state index >= 15 is 0 Å². The zero-order valence-electron chi connectivity index (χ0n) is 5.29. The van der Waals surface area contributed by atoms with Crippen molar-refractivity contribution < 1.29 is 13.2 Å². The van der Waals surface area contributed by atoms with E-state index in [2.05, 4.69) is 0 Å². The van der Waals surface area contributed by atoms with Gasteiger partial charge in [0.25, 0.3) is 0 Å². The normalized spacial score (nSPS) is 10.3. The molecule has 0 saturated heterocycles. The molecule has 0 radical (unpaired) electrons. The topological polar surface area (TPSA) is 0 Å². The van der Waals surface area contributed by atoms with Gasteiger partial charge in [-0.25, -0.2) is 13.2 Å². The lowest BCUT2D eigenvalue weighted by Crippen LogP contribution is -2.06. The van der Waals surface area contributed by atoms with Crippen molar-refractivity contribution in [1.82, 2.24) is 0 Å². The second kappa shape index (κ2) is 2.46. The van der Waals surface area contributed by atoms with Crippen molar-refractivity contribution in [3.05, 3.63) is 29.6 Å². The van der Waals surface area contributed by atoms with E-state index in [4.69, 9.17) is 0 Å². The average Bonchev–Trinajstić information content (AvgIpc) is 1.82. The lowest BCUT2D eigenvalue weighted by Gasteiger charge is -1.95. The zero-order valence-corrected chi connectivity index (χ0v) is 7.29. The molecule has 0 aliphatic rings. The van der Waals surface area contributed by atoms with Gasteiger partial charge in [-0.1, -0.05) is 5.19 Å². The van der Waals surface area contributed by atoms with E-state index in [-0.39, 0.29) is 0 Å². The second-order valence-corrected chi connectivity index (χ2v) is 3.20. The maximum atomic E-state index is 12.2. The Morgan fingerprint density at radius 3 is 1.80 bits per heavy atom. The predicted octanol–water partition coefficient (Wildman–Crippen LogP) is 0.0946. The molecule has 54 valence electrons. The van der Waals surface area contributed by atoms with Gasteiger partial charge in [-0.05, 0) is 12.1 Å². The lowest BCUT2D eigenvalue weighted by atomic mass is 10.3. The van der Waals surface area contributed by atoms with Crippen LogP contribution in [0.1, 0.15) is 0 Å². The molecule has 0 aliphatic carbocycles. The Morgan fingerprint density at radius 1 is 1.00 bits per heavy atom. The number of halogens is 3. The Morgan fingerprint density at radius 2 is 1.40 bits per heavy atom. The van der Waals surface area contributed by atoms with E-state index in [1.807, 2.05) is 0 Å². The van der Waals surface area contributed by atoms with Crippen molar-refractivity contribution in [1.29, 1.82) is 0 Å². The highest BCUT2D eigenvalue weighted by molar-refractivity contribution is 6.32. The van der Waals surface area contributed by atoms with Crippen molar-refractivity contribution in [3.63, 3.8) is 0 Å². The van der Waals surface area contributed by atoms with Crippen molar-refractivity contribution in [2.24, 2.45) is 0 Å². The van der Waals surface area contributed by atoms with E-state index in [0.29, 0.717) is 15.4 Å². The molecule has 0 fully saturated rings. The van der Waals surface area contributed by atoms with Crippen LogP contribution in [0, 0.1) is 17.5 Å². The average molecular weight is 162 g/mol. The van der Waals surface area contributed by atoms with Crippen LogP contribution in [0.25, 0.3) is 0 Å². The SMILES string of the molecule is Fc1cc([SiH3])cc(F)c1F. The first-order valence-electron chi connectivity index (χ1n) is 2.72. The standard InChI is InChI=1S/C6H5F3Si/c7-4-1-3(10)2-5(8)6(4)9/h1-2H,10H3. The summed E-state index contributed by atoms with van der Waals surface area (Å²) < 4.78 is 36.7. The van der Waals surface area contributed by atoms with Crippen LogP contribution in [-0.2, 0) is 0 Å². The number of hydrogen-bond donors (Lipinski definition) is 0. The Bertz CT molecular complexity index is 236. The first-order chi connectivity index (χ1) is 4.61. The Labute approximate surface area is 59.1 Å². The molecular formula is C6H5F3Si. The molecule has 4 heteroatoms. The van der Waals surface area contributed by atoms with Crippen molar-refractivity contribution in [3.8, 4) is 0 Å². The third-order valence-electron chi connectivity index (χ3n) is 1.13. The van der Waals surface area contributed by atoms with Crippen molar-refractivity contribution in [2.45, 2.75) is 0 Å². The smallest absolute Gasteiger partial charge is 0.194 e. The molecule has 0 spiro atoms. The molecule has 1 aromatic rings.